The van der Waals surface area contributed by atoms with Crippen LogP contribution >= 0.6 is 0 Å². The third kappa shape index (κ3) is 21.9. The number of imidazole rings is 1. The molecule has 80 heavy (non-hydrogen) atoms. The van der Waals surface area contributed by atoms with E-state index in [-0.39, 0.29) is 143 Å². The summed E-state index contributed by atoms with van der Waals surface area (Å²) in [6, 6.07) is 7.86. The van der Waals surface area contributed by atoms with Crippen LogP contribution in [0.1, 0.15) is 60.3 Å². The molecule has 11 N–H and O–H groups in total. The maximum atomic E-state index is 13.9. The number of benzene rings is 2. The van der Waals surface area contributed by atoms with Gasteiger partial charge in [0.05, 0.1) is 50.2 Å². The second kappa shape index (κ2) is 32.3. The molecule has 1 radical (unpaired) electrons. The van der Waals surface area contributed by atoms with Gasteiger partial charge in [-0.3, -0.25) is 72.3 Å². The molecule has 3 aromatic rings. The SMILES string of the molecule is CN(Cc1nc2ccccc2[nH]1)C(=O)c1ccc2c(c1)CN(CCCNC(=O)C(CCC(=O)O)NC(=O)C(CCC(=O)O)NC(=O)CN1CCN(CC(=O)O)CCN(CC(=O)O)CCN(CC(=O)O)CC1)C(=O)C(CC(=O)O)N2.[149Pm]. The Morgan fingerprint density at radius 3 is 1.71 bits per heavy atom. The average molecular weight is 1260 g/mol. The Labute approximate surface area is 491 Å². The summed E-state index contributed by atoms with van der Waals surface area (Å²) >= 11 is 0. The van der Waals surface area contributed by atoms with Crippen molar-refractivity contribution in [3.05, 3.63) is 59.4 Å². The topological polar surface area (TPSA) is 405 Å². The van der Waals surface area contributed by atoms with E-state index in [0.717, 1.165) is 11.0 Å². The first-order chi connectivity index (χ1) is 37.5. The van der Waals surface area contributed by atoms with Gasteiger partial charge in [-0.2, -0.15) is 0 Å². The molecule has 1 aromatic heterocycles. The van der Waals surface area contributed by atoms with Crippen molar-refractivity contribution < 1.29 is 124 Å². The van der Waals surface area contributed by atoms with E-state index in [4.69, 9.17) is 0 Å². The van der Waals surface area contributed by atoms with Crippen LogP contribution in [0.4, 0.5) is 5.69 Å². The number of nitrogens with one attached hydrogen (secondary N) is 5. The number of para-hydroxylation sites is 2. The minimum atomic E-state index is -1.57. The smallest absolute Gasteiger partial charge is 0.317 e. The van der Waals surface area contributed by atoms with Crippen molar-refractivity contribution in [2.45, 2.75) is 69.7 Å². The molecule has 3 atom stereocenters. The zero-order chi connectivity index (χ0) is 57.8. The van der Waals surface area contributed by atoms with Crippen molar-refractivity contribution in [1.82, 2.24) is 55.3 Å². The Bertz CT molecular complexity index is 2650. The second-order valence-corrected chi connectivity index (χ2v) is 19.3. The van der Waals surface area contributed by atoms with Gasteiger partial charge in [0.2, 0.25) is 23.6 Å². The molecule has 2 aliphatic heterocycles. The van der Waals surface area contributed by atoms with Crippen molar-refractivity contribution in [3.8, 4) is 0 Å². The molecular formula is C50H68N12O17Pm. The monoisotopic (exact) mass is 1260 g/mol. The number of hydrogen-bond donors (Lipinski definition) is 11. The van der Waals surface area contributed by atoms with Gasteiger partial charge in [0.15, 0.2) is 0 Å². The molecule has 1 saturated heterocycles. The predicted octanol–water partition coefficient (Wildman–Crippen LogP) is -1.89. The molecule has 5 amide bonds. The minimum absolute atomic E-state index is 0. The molecule has 0 aliphatic carbocycles. The van der Waals surface area contributed by atoms with E-state index in [1.54, 1.807) is 44.8 Å². The number of nitrogens with zero attached hydrogens (tertiary/aromatic N) is 7. The number of carboxylic acid groups (broad SMARTS) is 6. The summed E-state index contributed by atoms with van der Waals surface area (Å²) in [4.78, 5) is 156. The predicted molar refractivity (Wildman–Crippen MR) is 277 cm³/mol. The largest absolute Gasteiger partial charge is 0.481 e. The van der Waals surface area contributed by atoms with Crippen molar-refractivity contribution in [1.29, 1.82) is 0 Å². The van der Waals surface area contributed by atoms with Crippen molar-refractivity contribution in [2.24, 2.45) is 0 Å². The molecule has 0 spiro atoms. The first kappa shape index (κ1) is 65.6. The van der Waals surface area contributed by atoms with Crippen LogP contribution in [0.3, 0.4) is 0 Å². The van der Waals surface area contributed by atoms with E-state index >= 15 is 0 Å². The summed E-state index contributed by atoms with van der Waals surface area (Å²) in [5.74, 6) is -10.4. The molecule has 1 fully saturated rings. The van der Waals surface area contributed by atoms with Gasteiger partial charge in [-0.1, -0.05) is 12.1 Å². The van der Waals surface area contributed by atoms with Crippen LogP contribution in [0.5, 0.6) is 0 Å². The zero-order valence-corrected chi connectivity index (χ0v) is 47.0. The van der Waals surface area contributed by atoms with Crippen molar-refractivity contribution in [2.75, 3.05) is 104 Å². The number of rotatable bonds is 27. The third-order valence-electron chi connectivity index (χ3n) is 13.1. The number of fused-ring (bicyclic) bond motifs is 2. The van der Waals surface area contributed by atoms with Crippen molar-refractivity contribution in [3.63, 3.8) is 0 Å². The molecule has 0 bridgehead atoms. The Hall–Kier alpha value is -6.94. The summed E-state index contributed by atoms with van der Waals surface area (Å²) < 4.78 is 0. The van der Waals surface area contributed by atoms with Gasteiger partial charge in [0.1, 0.15) is 23.9 Å². The number of carbonyl (C=O) groups excluding carboxylic acids is 5. The molecule has 30 heteroatoms. The van der Waals surface area contributed by atoms with E-state index in [1.807, 2.05) is 24.3 Å². The van der Waals surface area contributed by atoms with Gasteiger partial charge < -0.3 is 66.7 Å². The number of hydrogen-bond acceptors (Lipinski definition) is 17. The van der Waals surface area contributed by atoms with E-state index in [0.29, 0.717) is 17.1 Å². The van der Waals surface area contributed by atoms with Crippen LogP contribution in [0.2, 0.25) is 0 Å². The number of carboxylic acids is 6. The molecule has 5 rings (SSSR count). The fourth-order valence-electron chi connectivity index (χ4n) is 9.03. The standard InChI is InChI=1S/C50H68N12O17.Pm/c1-57(26-39-53-34-5-2-3-6-35(34)54-39)49(78)31-7-8-33-32(23-31)25-62(50(79)38(52-33)24-43(68)69)14-4-13-51-47(76)36(9-11-41(64)65)56-48(77)37(10-12-42(66)67)55-40(63)27-58-15-17-59(28-44(70)71)19-21-61(30-46(74)75)22-20-60(18-16-58)29-45(72)73;/h2-3,5-8,23,36-38,52H,4,9-22,24-30H2,1H3,(H,51,76)(H,53,54)(H,55,63)(H,56,77)(H,64,65)(H,66,67)(H,68,69)(H,70,71)(H,72,73)(H,74,75);/i;1+4. The summed E-state index contributed by atoms with van der Waals surface area (Å²) in [5.41, 5.74) is 2.76. The maximum Gasteiger partial charge on any atom is 0.317 e. The quantitative estimate of drug-likeness (QED) is 0.0372. The number of amides is 5. The normalized spacial score (nSPS) is 16.6. The van der Waals surface area contributed by atoms with Gasteiger partial charge in [0.25, 0.3) is 5.91 Å². The fourth-order valence-corrected chi connectivity index (χ4v) is 9.03. The van der Waals surface area contributed by atoms with Gasteiger partial charge in [0, 0.05) is 144 Å². The van der Waals surface area contributed by atoms with Gasteiger partial charge in [-0.25, -0.2) is 4.98 Å². The van der Waals surface area contributed by atoms with E-state index < -0.39 is 129 Å². The van der Waals surface area contributed by atoms with Gasteiger partial charge >= 0.3 is 35.8 Å². The second-order valence-electron chi connectivity index (χ2n) is 19.3. The molecular weight excluding hydrogens is 1190 g/mol. The van der Waals surface area contributed by atoms with Crippen LogP contribution in [-0.4, -0.2) is 252 Å². The van der Waals surface area contributed by atoms with Crippen LogP contribution in [0, 0.1) is 40.4 Å². The Morgan fingerprint density at radius 2 is 1.20 bits per heavy atom. The number of aliphatic carboxylic acids is 6. The Morgan fingerprint density at radius 1 is 0.675 bits per heavy atom. The van der Waals surface area contributed by atoms with Crippen LogP contribution in [0.15, 0.2) is 42.5 Å². The van der Waals surface area contributed by atoms with E-state index in [2.05, 4.69) is 31.2 Å². The molecule has 0 saturated carbocycles. The van der Waals surface area contributed by atoms with Crippen molar-refractivity contribution >= 4 is 82.1 Å². The third-order valence-corrected chi connectivity index (χ3v) is 13.1. The molecule has 3 unspecified atom stereocenters. The zero-order valence-electron chi connectivity index (χ0n) is 44.1. The van der Waals surface area contributed by atoms with E-state index in [1.165, 1.54) is 9.80 Å². The molecule has 2 aliphatic rings. The van der Waals surface area contributed by atoms with Crippen LogP contribution in [0.25, 0.3) is 11.0 Å². The van der Waals surface area contributed by atoms with Gasteiger partial charge in [-0.15, -0.1) is 0 Å². The number of H-pyrrole nitrogens is 1. The van der Waals surface area contributed by atoms with Crippen LogP contribution in [-0.2, 0) is 61.0 Å². The molecule has 2 aromatic carbocycles. The number of aromatic amines is 1. The summed E-state index contributed by atoms with van der Waals surface area (Å²) in [7, 11) is 1.61. The van der Waals surface area contributed by atoms with Gasteiger partial charge in [-0.05, 0) is 55.2 Å². The number of anilines is 1. The Kier molecular flexibility index (Phi) is 26.5. The number of carbonyl (C=O) groups is 11. The fraction of sp³-hybridized carbons (Fsp3) is 0.520. The average Bonchev–Trinajstić information content (AvgIpc) is 3.81. The minimum Gasteiger partial charge on any atom is -0.481 e. The first-order valence-corrected chi connectivity index (χ1v) is 25.5. The Balaban J connectivity index is 0.0000138. The first-order valence-electron chi connectivity index (χ1n) is 25.5. The molecule has 29 nitrogen and oxygen atoms in total. The maximum absolute atomic E-state index is 13.9. The molecule has 3 heterocycles. The number of aromatic nitrogens is 2. The van der Waals surface area contributed by atoms with Crippen LogP contribution < -0.4 is 21.3 Å². The summed E-state index contributed by atoms with van der Waals surface area (Å²) in [6.45, 7) is -0.987. The summed E-state index contributed by atoms with van der Waals surface area (Å²) in [5, 5.41) is 67.8. The molecule has 435 valence electrons. The van der Waals surface area contributed by atoms with E-state index in [9.17, 15) is 83.4 Å². The summed E-state index contributed by atoms with van der Waals surface area (Å²) in [6.07, 6.45) is -2.64.